The average molecular weight is 361 g/mol. The molecule has 0 aromatic carbocycles. The fourth-order valence-electron chi connectivity index (χ4n) is 2.64. The minimum absolute atomic E-state index is 0.134. The van der Waals surface area contributed by atoms with Crippen LogP contribution in [0, 0.1) is 5.92 Å². The van der Waals surface area contributed by atoms with Crippen LogP contribution in [-0.4, -0.2) is 55.1 Å². The average Bonchev–Trinajstić information content (AvgIpc) is 3.09. The Hall–Kier alpha value is -1.10. The van der Waals surface area contributed by atoms with Crippen molar-refractivity contribution in [2.75, 3.05) is 25.0 Å². The van der Waals surface area contributed by atoms with E-state index in [9.17, 15) is 13.2 Å². The molecule has 130 valence electrons. The Morgan fingerprint density at radius 3 is 2.52 bits per heavy atom. The van der Waals surface area contributed by atoms with Crippen LogP contribution in [-0.2, 0) is 14.8 Å². The number of rotatable bonds is 7. The second kappa shape index (κ2) is 7.65. The zero-order valence-electron chi connectivity index (χ0n) is 13.6. The van der Waals surface area contributed by atoms with Crippen LogP contribution in [0.2, 0.25) is 0 Å². The van der Waals surface area contributed by atoms with Crippen molar-refractivity contribution in [1.29, 1.82) is 0 Å². The standard InChI is InChI=1S/C13H23N5O3S2/c1-9(2)11(18-6-4-5-7-18)8-14-23(20,21)13-17-16-12(22-13)15-10(3)19/h9,11,14H,4-8H2,1-3H3,(H,15,16,19). The maximum atomic E-state index is 12.3. The van der Waals surface area contributed by atoms with Crippen molar-refractivity contribution in [1.82, 2.24) is 19.8 Å². The first-order valence-electron chi connectivity index (χ1n) is 7.64. The first kappa shape index (κ1) is 18.2. The first-order chi connectivity index (χ1) is 10.8. The van der Waals surface area contributed by atoms with E-state index in [0.717, 1.165) is 37.3 Å². The number of hydrogen-bond acceptors (Lipinski definition) is 7. The van der Waals surface area contributed by atoms with Gasteiger partial charge in [0, 0.05) is 19.5 Å². The van der Waals surface area contributed by atoms with Gasteiger partial charge in [-0.3, -0.25) is 9.69 Å². The molecule has 23 heavy (non-hydrogen) atoms. The molecule has 1 aromatic heterocycles. The fraction of sp³-hybridized carbons (Fsp3) is 0.769. The van der Waals surface area contributed by atoms with E-state index < -0.39 is 10.0 Å². The summed E-state index contributed by atoms with van der Waals surface area (Å²) in [5, 5.41) is 9.93. The molecule has 0 aliphatic carbocycles. The maximum absolute atomic E-state index is 12.3. The lowest BCUT2D eigenvalue weighted by atomic mass is 10.0. The summed E-state index contributed by atoms with van der Waals surface area (Å²) in [6, 6.07) is 0.162. The summed E-state index contributed by atoms with van der Waals surface area (Å²) in [6.45, 7) is 7.88. The monoisotopic (exact) mass is 361 g/mol. The van der Waals surface area contributed by atoms with E-state index in [4.69, 9.17) is 0 Å². The predicted molar refractivity (Wildman–Crippen MR) is 88.8 cm³/mol. The molecule has 2 N–H and O–H groups in total. The number of nitrogens with one attached hydrogen (secondary N) is 2. The zero-order chi connectivity index (χ0) is 17.0. The van der Waals surface area contributed by atoms with Gasteiger partial charge in [-0.15, -0.1) is 10.2 Å². The van der Waals surface area contributed by atoms with E-state index >= 15 is 0 Å². The van der Waals surface area contributed by atoms with Crippen LogP contribution in [0.1, 0.15) is 33.6 Å². The highest BCUT2D eigenvalue weighted by atomic mass is 32.2. The number of aromatic nitrogens is 2. The van der Waals surface area contributed by atoms with Gasteiger partial charge in [-0.25, -0.2) is 13.1 Å². The van der Waals surface area contributed by atoms with Crippen LogP contribution in [0.3, 0.4) is 0 Å². The van der Waals surface area contributed by atoms with Gasteiger partial charge in [-0.2, -0.15) is 0 Å². The van der Waals surface area contributed by atoms with Crippen molar-refractivity contribution >= 4 is 32.4 Å². The van der Waals surface area contributed by atoms with Gasteiger partial charge in [-0.05, 0) is 31.8 Å². The number of sulfonamides is 1. The number of carbonyl (C=O) groups excluding carboxylic acids is 1. The van der Waals surface area contributed by atoms with Crippen molar-refractivity contribution in [3.8, 4) is 0 Å². The van der Waals surface area contributed by atoms with E-state index in [1.54, 1.807) is 0 Å². The van der Waals surface area contributed by atoms with Crippen molar-refractivity contribution in [2.24, 2.45) is 5.92 Å². The van der Waals surface area contributed by atoms with Crippen LogP contribution in [0.4, 0.5) is 5.13 Å². The lowest BCUT2D eigenvalue weighted by Gasteiger charge is -2.30. The minimum Gasteiger partial charge on any atom is -0.301 e. The smallest absolute Gasteiger partial charge is 0.269 e. The van der Waals surface area contributed by atoms with Gasteiger partial charge in [0.25, 0.3) is 10.0 Å². The number of amides is 1. The van der Waals surface area contributed by atoms with Crippen LogP contribution in [0.15, 0.2) is 4.34 Å². The van der Waals surface area contributed by atoms with Crippen LogP contribution in [0.5, 0.6) is 0 Å². The maximum Gasteiger partial charge on any atom is 0.269 e. The summed E-state index contributed by atoms with van der Waals surface area (Å²) in [4.78, 5) is 13.3. The lowest BCUT2D eigenvalue weighted by Crippen LogP contribution is -2.45. The molecule has 0 saturated carbocycles. The normalized spacial score (nSPS) is 17.6. The van der Waals surface area contributed by atoms with E-state index in [2.05, 4.69) is 39.0 Å². The van der Waals surface area contributed by atoms with E-state index in [0.29, 0.717) is 12.5 Å². The highest BCUT2D eigenvalue weighted by Gasteiger charge is 2.28. The van der Waals surface area contributed by atoms with Gasteiger partial charge in [-0.1, -0.05) is 25.2 Å². The van der Waals surface area contributed by atoms with E-state index in [1.165, 1.54) is 6.92 Å². The lowest BCUT2D eigenvalue weighted by molar-refractivity contribution is -0.114. The molecule has 1 unspecified atom stereocenters. The number of nitrogens with zero attached hydrogens (tertiary/aromatic N) is 3. The largest absolute Gasteiger partial charge is 0.301 e. The van der Waals surface area contributed by atoms with Crippen molar-refractivity contribution in [3.63, 3.8) is 0 Å². The summed E-state index contributed by atoms with van der Waals surface area (Å²) >= 11 is 0.842. The summed E-state index contributed by atoms with van der Waals surface area (Å²) in [6.07, 6.45) is 2.32. The molecule has 8 nitrogen and oxygen atoms in total. The molecular formula is C13H23N5O3S2. The van der Waals surface area contributed by atoms with Crippen LogP contribution >= 0.6 is 11.3 Å². The first-order valence-corrected chi connectivity index (χ1v) is 9.94. The summed E-state index contributed by atoms with van der Waals surface area (Å²) in [5.74, 6) is 0.0344. The molecule has 1 aromatic rings. The molecule has 1 saturated heterocycles. The Labute approximate surface area is 140 Å². The van der Waals surface area contributed by atoms with E-state index in [-0.39, 0.29) is 21.4 Å². The zero-order valence-corrected chi connectivity index (χ0v) is 15.2. The quantitative estimate of drug-likeness (QED) is 0.699. The molecule has 1 amide bonds. The van der Waals surface area contributed by atoms with Crippen molar-refractivity contribution < 1.29 is 13.2 Å². The fourth-order valence-corrected chi connectivity index (χ4v) is 4.67. The molecule has 1 aliphatic rings. The van der Waals surface area contributed by atoms with Crippen LogP contribution < -0.4 is 10.0 Å². The van der Waals surface area contributed by atoms with Gasteiger partial charge in [0.1, 0.15) is 0 Å². The summed E-state index contributed by atoms with van der Waals surface area (Å²) in [5.41, 5.74) is 0. The molecule has 2 heterocycles. The molecule has 0 radical (unpaired) electrons. The number of hydrogen-bond donors (Lipinski definition) is 2. The molecule has 10 heteroatoms. The Morgan fingerprint density at radius 1 is 1.30 bits per heavy atom. The molecular weight excluding hydrogens is 338 g/mol. The van der Waals surface area contributed by atoms with Gasteiger partial charge < -0.3 is 5.32 Å². The SMILES string of the molecule is CC(=O)Nc1nnc(S(=O)(=O)NCC(C(C)C)N2CCCC2)s1. The highest BCUT2D eigenvalue weighted by Crippen LogP contribution is 2.21. The highest BCUT2D eigenvalue weighted by molar-refractivity contribution is 7.91. The number of carbonyl (C=O) groups is 1. The van der Waals surface area contributed by atoms with E-state index in [1.807, 2.05) is 0 Å². The number of likely N-dealkylation sites (tertiary alicyclic amines) is 1. The topological polar surface area (TPSA) is 104 Å². The summed E-state index contributed by atoms with van der Waals surface area (Å²) < 4.78 is 27.2. The van der Waals surface area contributed by atoms with Crippen LogP contribution in [0.25, 0.3) is 0 Å². The Balaban J connectivity index is 2.02. The molecule has 1 aliphatic heterocycles. The Morgan fingerprint density at radius 2 is 1.96 bits per heavy atom. The third kappa shape index (κ3) is 4.93. The summed E-state index contributed by atoms with van der Waals surface area (Å²) in [7, 11) is -3.72. The molecule has 1 fully saturated rings. The Bertz CT molecular complexity index is 638. The van der Waals surface area contributed by atoms with Crippen molar-refractivity contribution in [2.45, 2.75) is 44.0 Å². The van der Waals surface area contributed by atoms with Gasteiger partial charge >= 0.3 is 0 Å². The Kier molecular flexibility index (Phi) is 6.06. The number of anilines is 1. The van der Waals surface area contributed by atoms with Gasteiger partial charge in [0.2, 0.25) is 15.4 Å². The second-order valence-electron chi connectivity index (χ2n) is 5.96. The third-order valence-electron chi connectivity index (χ3n) is 3.78. The molecule has 1 atom stereocenters. The minimum atomic E-state index is -3.72. The second-order valence-corrected chi connectivity index (χ2v) is 8.88. The van der Waals surface area contributed by atoms with Gasteiger partial charge in [0.05, 0.1) is 0 Å². The molecule has 0 spiro atoms. The van der Waals surface area contributed by atoms with Gasteiger partial charge in [0.15, 0.2) is 0 Å². The van der Waals surface area contributed by atoms with Crippen molar-refractivity contribution in [3.05, 3.63) is 0 Å². The predicted octanol–water partition coefficient (Wildman–Crippen LogP) is 0.895. The third-order valence-corrected chi connectivity index (χ3v) is 6.41. The molecule has 2 rings (SSSR count). The molecule has 0 bridgehead atoms.